The molecule has 2 fully saturated rings. The number of amides is 1. The topological polar surface area (TPSA) is 122 Å². The van der Waals surface area contributed by atoms with Crippen molar-refractivity contribution >= 4 is 35.0 Å². The van der Waals surface area contributed by atoms with Crippen LogP contribution in [0.2, 0.25) is 0 Å². The van der Waals surface area contributed by atoms with E-state index >= 15 is 0 Å². The molecule has 9 heteroatoms. The third-order valence-corrected chi connectivity index (χ3v) is 8.83. The minimum Gasteiger partial charge on any atom is -0.508 e. The number of carbonyl (C=O) groups is 4. The van der Waals surface area contributed by atoms with Gasteiger partial charge in [-0.2, -0.15) is 0 Å². The fourth-order valence-electron chi connectivity index (χ4n) is 5.24. The minimum absolute atomic E-state index is 0.117. The average Bonchev–Trinajstić information content (AvgIpc) is 3.60. The molecule has 2 aliphatic carbocycles. The van der Waals surface area contributed by atoms with Crippen LogP contribution in [0, 0.1) is 11.8 Å². The van der Waals surface area contributed by atoms with Crippen LogP contribution >= 0.6 is 11.8 Å². The first-order valence-corrected chi connectivity index (χ1v) is 14.4. The predicted octanol–water partition coefficient (Wildman–Crippen LogP) is 3.54. The lowest BCUT2D eigenvalue weighted by Crippen LogP contribution is -2.62. The Morgan fingerprint density at radius 3 is 2.38 bits per heavy atom. The van der Waals surface area contributed by atoms with E-state index in [4.69, 9.17) is 4.74 Å². The summed E-state index contributed by atoms with van der Waals surface area (Å²) in [6.07, 6.45) is 7.91. The number of rotatable bonds is 13. The number of aldehydes is 1. The Labute approximate surface area is 223 Å². The molecule has 37 heavy (non-hydrogen) atoms. The van der Waals surface area contributed by atoms with Gasteiger partial charge >= 0.3 is 5.97 Å². The molecule has 3 atom stereocenters. The highest BCUT2D eigenvalue weighted by atomic mass is 32.2. The summed E-state index contributed by atoms with van der Waals surface area (Å²) in [5, 5.41) is 16.0. The molecular weight excluding hydrogens is 492 g/mol. The summed E-state index contributed by atoms with van der Waals surface area (Å²) in [4.78, 5) is 51.0. The smallest absolute Gasteiger partial charge is 0.328 e. The Morgan fingerprint density at radius 2 is 1.78 bits per heavy atom. The maximum Gasteiger partial charge on any atom is 0.328 e. The number of ether oxygens (including phenoxy) is 1. The van der Waals surface area contributed by atoms with E-state index in [1.165, 1.54) is 23.9 Å². The fraction of sp³-hybridized carbons (Fsp3) is 0.643. The van der Waals surface area contributed by atoms with Gasteiger partial charge in [0.05, 0.1) is 18.2 Å². The molecule has 0 heterocycles. The van der Waals surface area contributed by atoms with Crippen molar-refractivity contribution in [2.45, 2.75) is 89.3 Å². The van der Waals surface area contributed by atoms with Crippen LogP contribution in [0.15, 0.2) is 24.3 Å². The number of aromatic hydroxyl groups is 1. The standard InChI is InChI=1S/C28H40N2O6S/c1-3-36-25(33)23(16-20-10-12-22(32)13-11-20)29-27(35)28(14-6-7-15-28)30-24(17-31)19(2)18-37-26(34)21-8-4-5-9-21/h10-13,17,19,21,23-24,30,32H,3-9,14-16,18H2,1-2H3,(H,29,35)/t19-,23+,24?/m1/s1. The Kier molecular flexibility index (Phi) is 11.0. The largest absolute Gasteiger partial charge is 0.508 e. The van der Waals surface area contributed by atoms with E-state index in [-0.39, 0.29) is 41.6 Å². The summed E-state index contributed by atoms with van der Waals surface area (Å²) >= 11 is 1.30. The van der Waals surface area contributed by atoms with Crippen LogP contribution in [0.1, 0.15) is 70.8 Å². The molecule has 0 spiro atoms. The molecule has 0 bridgehead atoms. The van der Waals surface area contributed by atoms with Crippen LogP contribution in [0.4, 0.5) is 0 Å². The molecule has 2 aliphatic rings. The summed E-state index contributed by atoms with van der Waals surface area (Å²) in [5.41, 5.74) is -0.201. The summed E-state index contributed by atoms with van der Waals surface area (Å²) in [5.74, 6) is -0.243. The van der Waals surface area contributed by atoms with Crippen molar-refractivity contribution in [3.63, 3.8) is 0 Å². The molecule has 3 N–H and O–H groups in total. The molecule has 2 saturated carbocycles. The first-order chi connectivity index (χ1) is 17.8. The fourth-order valence-corrected chi connectivity index (χ4v) is 6.35. The lowest BCUT2D eigenvalue weighted by molar-refractivity contribution is -0.148. The number of esters is 1. The molecule has 1 aromatic carbocycles. The Hall–Kier alpha value is -2.39. The zero-order valence-corrected chi connectivity index (χ0v) is 22.7. The number of nitrogens with one attached hydrogen (secondary N) is 2. The van der Waals surface area contributed by atoms with Crippen LogP contribution in [0.5, 0.6) is 5.75 Å². The first-order valence-electron chi connectivity index (χ1n) is 13.4. The third-order valence-electron chi connectivity index (χ3n) is 7.52. The van der Waals surface area contributed by atoms with E-state index < -0.39 is 23.6 Å². The molecule has 0 aliphatic heterocycles. The maximum atomic E-state index is 13.6. The molecule has 204 valence electrons. The van der Waals surface area contributed by atoms with Crippen molar-refractivity contribution in [3.8, 4) is 5.75 Å². The van der Waals surface area contributed by atoms with E-state index in [0.29, 0.717) is 18.6 Å². The Morgan fingerprint density at radius 1 is 1.14 bits per heavy atom. The van der Waals surface area contributed by atoms with E-state index in [0.717, 1.165) is 50.4 Å². The predicted molar refractivity (Wildman–Crippen MR) is 143 cm³/mol. The van der Waals surface area contributed by atoms with E-state index in [1.54, 1.807) is 19.1 Å². The normalized spacial score (nSPS) is 19.6. The highest BCUT2D eigenvalue weighted by Gasteiger charge is 2.44. The van der Waals surface area contributed by atoms with Gasteiger partial charge in [0, 0.05) is 18.1 Å². The van der Waals surface area contributed by atoms with Gasteiger partial charge in [-0.15, -0.1) is 0 Å². The first kappa shape index (κ1) is 29.2. The Balaban J connectivity index is 1.67. The second-order valence-electron chi connectivity index (χ2n) is 10.3. The number of phenolic OH excluding ortho intramolecular Hbond substituents is 1. The van der Waals surface area contributed by atoms with Gasteiger partial charge in [0.15, 0.2) is 5.12 Å². The highest BCUT2D eigenvalue weighted by molar-refractivity contribution is 8.13. The summed E-state index contributed by atoms with van der Waals surface area (Å²) in [6.45, 7) is 3.82. The van der Waals surface area contributed by atoms with Crippen LogP contribution in [-0.4, -0.2) is 58.4 Å². The highest BCUT2D eigenvalue weighted by Crippen LogP contribution is 2.33. The van der Waals surface area contributed by atoms with Crippen LogP contribution in [0.3, 0.4) is 0 Å². The van der Waals surface area contributed by atoms with Crippen molar-refractivity contribution in [1.29, 1.82) is 0 Å². The number of hydrogen-bond donors (Lipinski definition) is 3. The van der Waals surface area contributed by atoms with Gasteiger partial charge in [-0.1, -0.05) is 56.5 Å². The van der Waals surface area contributed by atoms with Crippen molar-refractivity contribution in [2.75, 3.05) is 12.4 Å². The number of carbonyl (C=O) groups excluding carboxylic acids is 4. The van der Waals surface area contributed by atoms with E-state index in [2.05, 4.69) is 10.6 Å². The minimum atomic E-state index is -0.973. The van der Waals surface area contributed by atoms with Crippen molar-refractivity contribution < 1.29 is 29.0 Å². The van der Waals surface area contributed by atoms with Gasteiger partial charge in [0.25, 0.3) is 0 Å². The third kappa shape index (κ3) is 8.04. The summed E-state index contributed by atoms with van der Waals surface area (Å²) < 4.78 is 5.22. The summed E-state index contributed by atoms with van der Waals surface area (Å²) in [7, 11) is 0. The number of phenols is 1. The van der Waals surface area contributed by atoms with Gasteiger partial charge in [0.2, 0.25) is 5.91 Å². The zero-order chi connectivity index (χ0) is 26.8. The van der Waals surface area contributed by atoms with Gasteiger partial charge in [-0.05, 0) is 56.2 Å². The monoisotopic (exact) mass is 532 g/mol. The molecule has 1 unspecified atom stereocenters. The van der Waals surface area contributed by atoms with Crippen molar-refractivity contribution in [1.82, 2.24) is 10.6 Å². The van der Waals surface area contributed by atoms with Gasteiger partial charge in [-0.3, -0.25) is 14.9 Å². The molecule has 1 amide bonds. The Bertz CT molecular complexity index is 925. The molecule has 1 aromatic rings. The molecule has 0 radical (unpaired) electrons. The molecule has 0 saturated heterocycles. The average molecular weight is 533 g/mol. The van der Waals surface area contributed by atoms with Crippen molar-refractivity contribution in [3.05, 3.63) is 29.8 Å². The van der Waals surface area contributed by atoms with E-state index in [1.807, 2.05) is 6.92 Å². The quantitative estimate of drug-likeness (QED) is 0.261. The van der Waals surface area contributed by atoms with Crippen LogP contribution in [0.25, 0.3) is 0 Å². The maximum absolute atomic E-state index is 13.6. The second kappa shape index (κ2) is 14.0. The molecule has 3 rings (SSSR count). The van der Waals surface area contributed by atoms with Gasteiger partial charge < -0.3 is 20.0 Å². The van der Waals surface area contributed by atoms with Crippen LogP contribution in [-0.2, 0) is 30.3 Å². The van der Waals surface area contributed by atoms with E-state index in [9.17, 15) is 24.3 Å². The second-order valence-corrected chi connectivity index (χ2v) is 11.4. The van der Waals surface area contributed by atoms with Crippen LogP contribution < -0.4 is 10.6 Å². The molecule has 0 aromatic heterocycles. The number of benzene rings is 1. The SMILES string of the molecule is CCOC(=O)[C@H](Cc1ccc(O)cc1)NC(=O)C1(NC(C=O)[C@H](C)CSC(=O)C2CCCC2)CCCC1. The summed E-state index contributed by atoms with van der Waals surface area (Å²) in [6, 6.07) is 4.97. The zero-order valence-electron chi connectivity index (χ0n) is 21.9. The lowest BCUT2D eigenvalue weighted by atomic mass is 9.91. The lowest BCUT2D eigenvalue weighted by Gasteiger charge is -2.35. The molecule has 8 nitrogen and oxygen atoms in total. The van der Waals surface area contributed by atoms with Gasteiger partial charge in [0.1, 0.15) is 18.1 Å². The van der Waals surface area contributed by atoms with Crippen molar-refractivity contribution in [2.24, 2.45) is 11.8 Å². The number of hydrogen-bond acceptors (Lipinski definition) is 8. The van der Waals surface area contributed by atoms with Gasteiger partial charge in [-0.25, -0.2) is 4.79 Å². The number of thioether (sulfide) groups is 1. The molecular formula is C28H40N2O6S.